The van der Waals surface area contributed by atoms with Crippen molar-refractivity contribution in [2.24, 2.45) is 5.41 Å². The highest BCUT2D eigenvalue weighted by Gasteiger charge is 2.20. The fraction of sp³-hybridized carbons (Fsp3) is 1.00. The zero-order valence-electron chi connectivity index (χ0n) is 10.8. The monoisotopic (exact) mass is 217 g/mol. The molecule has 0 heterocycles. The molecule has 0 aromatic rings. The van der Waals surface area contributed by atoms with Crippen molar-refractivity contribution in [1.29, 1.82) is 0 Å². The molecule has 0 rings (SSSR count). The minimum atomic E-state index is 0.395. The van der Waals surface area contributed by atoms with Crippen molar-refractivity contribution >= 4 is 0 Å². The predicted molar refractivity (Wildman–Crippen MR) is 64.3 cm³/mol. The van der Waals surface area contributed by atoms with Gasteiger partial charge in [-0.25, -0.2) is 0 Å². The van der Waals surface area contributed by atoms with Crippen LogP contribution in [-0.2, 0) is 9.47 Å². The van der Waals surface area contributed by atoms with Crippen molar-refractivity contribution in [3.63, 3.8) is 0 Å². The highest BCUT2D eigenvalue weighted by Crippen LogP contribution is 2.26. The normalized spacial score (nSPS) is 15.2. The second-order valence-electron chi connectivity index (χ2n) is 4.43. The molecule has 3 nitrogen and oxygen atoms in total. The van der Waals surface area contributed by atoms with E-state index in [-0.39, 0.29) is 0 Å². The van der Waals surface area contributed by atoms with E-state index < -0.39 is 0 Å². The van der Waals surface area contributed by atoms with Gasteiger partial charge in [-0.15, -0.1) is 0 Å². The van der Waals surface area contributed by atoms with Gasteiger partial charge < -0.3 is 14.8 Å². The van der Waals surface area contributed by atoms with Gasteiger partial charge in [-0.3, -0.25) is 0 Å². The molecule has 0 aromatic heterocycles. The number of methoxy groups -OCH3 is 2. The minimum Gasteiger partial charge on any atom is -0.385 e. The van der Waals surface area contributed by atoms with Crippen LogP contribution in [0.5, 0.6) is 0 Å². The number of nitrogens with one attached hydrogen (secondary N) is 1. The van der Waals surface area contributed by atoms with Crippen LogP contribution in [0.4, 0.5) is 0 Å². The van der Waals surface area contributed by atoms with Crippen LogP contribution in [0, 0.1) is 5.41 Å². The van der Waals surface area contributed by atoms with E-state index in [1.807, 2.05) is 0 Å². The Bertz CT molecular complexity index is 142. The highest BCUT2D eigenvalue weighted by atomic mass is 16.5. The van der Waals surface area contributed by atoms with Gasteiger partial charge in [-0.1, -0.05) is 13.8 Å². The maximum absolute atomic E-state index is 5.08. The van der Waals surface area contributed by atoms with Gasteiger partial charge in [0.25, 0.3) is 0 Å². The Balaban J connectivity index is 3.65. The third-order valence-electron chi connectivity index (χ3n) is 3.02. The van der Waals surface area contributed by atoms with E-state index in [1.165, 1.54) is 12.8 Å². The van der Waals surface area contributed by atoms with E-state index in [2.05, 4.69) is 19.2 Å². The van der Waals surface area contributed by atoms with Crippen LogP contribution < -0.4 is 5.32 Å². The lowest BCUT2D eigenvalue weighted by Gasteiger charge is -2.28. The first-order chi connectivity index (χ1) is 7.18. The molecule has 0 aliphatic heterocycles. The lowest BCUT2D eigenvalue weighted by molar-refractivity contribution is 0.161. The Labute approximate surface area is 94.5 Å². The number of rotatable bonds is 10. The Morgan fingerprint density at radius 2 is 1.80 bits per heavy atom. The summed E-state index contributed by atoms with van der Waals surface area (Å²) in [5.74, 6) is 0. The molecule has 1 unspecified atom stereocenters. The summed E-state index contributed by atoms with van der Waals surface area (Å²) in [5.41, 5.74) is 0.395. The highest BCUT2D eigenvalue weighted by molar-refractivity contribution is 4.75. The lowest BCUT2D eigenvalue weighted by atomic mass is 9.83. The van der Waals surface area contributed by atoms with Crippen molar-refractivity contribution in [3.8, 4) is 0 Å². The van der Waals surface area contributed by atoms with Crippen LogP contribution in [0.3, 0.4) is 0 Å². The van der Waals surface area contributed by atoms with Gasteiger partial charge in [0.05, 0.1) is 6.61 Å². The van der Waals surface area contributed by atoms with Crippen molar-refractivity contribution < 1.29 is 9.47 Å². The fourth-order valence-corrected chi connectivity index (χ4v) is 1.60. The van der Waals surface area contributed by atoms with Gasteiger partial charge in [0, 0.05) is 33.9 Å². The first-order valence-corrected chi connectivity index (χ1v) is 5.87. The first-order valence-electron chi connectivity index (χ1n) is 5.87. The average Bonchev–Trinajstić information content (AvgIpc) is 2.25. The summed E-state index contributed by atoms with van der Waals surface area (Å²) in [6, 6.07) is 0. The van der Waals surface area contributed by atoms with E-state index >= 15 is 0 Å². The third kappa shape index (κ3) is 7.77. The molecule has 0 radical (unpaired) electrons. The predicted octanol–water partition coefficient (Wildman–Crippen LogP) is 2.07. The Morgan fingerprint density at radius 1 is 1.13 bits per heavy atom. The molecular weight excluding hydrogens is 190 g/mol. The third-order valence-corrected chi connectivity index (χ3v) is 3.02. The topological polar surface area (TPSA) is 30.5 Å². The minimum absolute atomic E-state index is 0.395. The molecule has 0 aliphatic rings. The van der Waals surface area contributed by atoms with Crippen molar-refractivity contribution in [1.82, 2.24) is 5.32 Å². The van der Waals surface area contributed by atoms with Crippen LogP contribution >= 0.6 is 0 Å². The molecule has 3 heteroatoms. The standard InChI is InChI=1S/C12H27NO2/c1-5-12(2,7-6-9-14-3)11-13-8-10-15-4/h13H,5-11H2,1-4H3. The molecular formula is C12H27NO2. The van der Waals surface area contributed by atoms with Crippen LogP contribution in [0.1, 0.15) is 33.1 Å². The Morgan fingerprint density at radius 3 is 2.33 bits per heavy atom. The summed E-state index contributed by atoms with van der Waals surface area (Å²) >= 11 is 0. The summed E-state index contributed by atoms with van der Waals surface area (Å²) in [6.07, 6.45) is 3.57. The summed E-state index contributed by atoms with van der Waals surface area (Å²) in [5, 5.41) is 3.44. The lowest BCUT2D eigenvalue weighted by Crippen LogP contribution is -2.33. The van der Waals surface area contributed by atoms with Gasteiger partial charge in [-0.2, -0.15) is 0 Å². The van der Waals surface area contributed by atoms with Crippen LogP contribution in [0.15, 0.2) is 0 Å². The smallest absolute Gasteiger partial charge is 0.0587 e. The van der Waals surface area contributed by atoms with E-state index in [0.717, 1.165) is 32.7 Å². The molecule has 0 spiro atoms. The molecule has 15 heavy (non-hydrogen) atoms. The second kappa shape index (κ2) is 9.13. The number of hydrogen-bond donors (Lipinski definition) is 1. The number of ether oxygens (including phenoxy) is 2. The van der Waals surface area contributed by atoms with E-state index in [4.69, 9.17) is 9.47 Å². The molecule has 92 valence electrons. The average molecular weight is 217 g/mol. The van der Waals surface area contributed by atoms with E-state index in [0.29, 0.717) is 5.41 Å². The summed E-state index contributed by atoms with van der Waals surface area (Å²) in [7, 11) is 3.50. The van der Waals surface area contributed by atoms with Crippen LogP contribution in [-0.4, -0.2) is 40.5 Å². The van der Waals surface area contributed by atoms with Crippen molar-refractivity contribution in [2.45, 2.75) is 33.1 Å². The molecule has 0 aromatic carbocycles. The first kappa shape index (κ1) is 14.9. The second-order valence-corrected chi connectivity index (χ2v) is 4.43. The molecule has 1 atom stereocenters. The van der Waals surface area contributed by atoms with Gasteiger partial charge in [0.2, 0.25) is 0 Å². The summed E-state index contributed by atoms with van der Waals surface area (Å²) < 4.78 is 10.1. The van der Waals surface area contributed by atoms with Crippen LogP contribution in [0.2, 0.25) is 0 Å². The number of hydrogen-bond acceptors (Lipinski definition) is 3. The summed E-state index contributed by atoms with van der Waals surface area (Å²) in [6.45, 7) is 8.26. The van der Waals surface area contributed by atoms with Gasteiger partial charge >= 0.3 is 0 Å². The molecule has 0 aliphatic carbocycles. The molecule has 1 N–H and O–H groups in total. The van der Waals surface area contributed by atoms with Gasteiger partial charge in [0.15, 0.2) is 0 Å². The van der Waals surface area contributed by atoms with Gasteiger partial charge in [-0.05, 0) is 24.7 Å². The zero-order valence-corrected chi connectivity index (χ0v) is 10.8. The van der Waals surface area contributed by atoms with E-state index in [1.54, 1.807) is 14.2 Å². The molecule has 0 bridgehead atoms. The van der Waals surface area contributed by atoms with Crippen LogP contribution in [0.25, 0.3) is 0 Å². The quantitative estimate of drug-likeness (QED) is 0.568. The Kier molecular flexibility index (Phi) is 9.06. The largest absolute Gasteiger partial charge is 0.385 e. The SMILES string of the molecule is CCC(C)(CCCOC)CNCCOC. The van der Waals surface area contributed by atoms with Gasteiger partial charge in [0.1, 0.15) is 0 Å². The summed E-state index contributed by atoms with van der Waals surface area (Å²) in [4.78, 5) is 0. The van der Waals surface area contributed by atoms with Crippen molar-refractivity contribution in [3.05, 3.63) is 0 Å². The maximum Gasteiger partial charge on any atom is 0.0587 e. The Hall–Kier alpha value is -0.120. The fourth-order valence-electron chi connectivity index (χ4n) is 1.60. The molecule has 0 fully saturated rings. The molecule has 0 saturated carbocycles. The molecule has 0 amide bonds. The van der Waals surface area contributed by atoms with Crippen molar-refractivity contribution in [2.75, 3.05) is 40.5 Å². The maximum atomic E-state index is 5.08. The molecule has 0 saturated heterocycles. The zero-order chi connectivity index (χ0) is 11.6. The van der Waals surface area contributed by atoms with E-state index in [9.17, 15) is 0 Å².